The normalized spacial score (nSPS) is 11.7. The Labute approximate surface area is 125 Å². The van der Waals surface area contributed by atoms with Crippen molar-refractivity contribution in [3.63, 3.8) is 0 Å². The number of ether oxygens (including phenoxy) is 1. The number of aromatic nitrogens is 2. The topological polar surface area (TPSA) is 28.9 Å². The van der Waals surface area contributed by atoms with Crippen molar-refractivity contribution in [3.05, 3.63) is 48.5 Å². The zero-order valence-corrected chi connectivity index (χ0v) is 12.9. The Morgan fingerprint density at radius 2 is 2.00 bits per heavy atom. The van der Waals surface area contributed by atoms with E-state index in [0.717, 1.165) is 18.6 Å². The van der Waals surface area contributed by atoms with Crippen LogP contribution in [0.2, 0.25) is 0 Å². The predicted octanol–water partition coefficient (Wildman–Crippen LogP) is -0.491. The van der Waals surface area contributed by atoms with Crippen LogP contribution in [0.5, 0.6) is 5.75 Å². The lowest BCUT2D eigenvalue weighted by molar-refractivity contribution is -0.719. The van der Waals surface area contributed by atoms with Gasteiger partial charge in [0.1, 0.15) is 18.1 Å². The molecule has 0 fully saturated rings. The van der Waals surface area contributed by atoms with Crippen LogP contribution in [0.25, 0.3) is 0 Å². The van der Waals surface area contributed by atoms with Gasteiger partial charge in [0.2, 0.25) is 6.33 Å². The lowest BCUT2D eigenvalue weighted by atomic mass is 10.1. The van der Waals surface area contributed by atoms with Crippen LogP contribution in [0.1, 0.15) is 24.9 Å². The summed E-state index contributed by atoms with van der Waals surface area (Å²) >= 11 is 0. The van der Waals surface area contributed by atoms with E-state index >= 15 is 0 Å². The van der Waals surface area contributed by atoms with Gasteiger partial charge in [-0.15, -0.1) is 0 Å². The highest BCUT2D eigenvalue weighted by Gasteiger charge is 2.08. The molecule has 0 saturated heterocycles. The monoisotopic (exact) mass is 358 g/mol. The van der Waals surface area contributed by atoms with E-state index < -0.39 is 0 Å². The number of hydrogen-bond donors (Lipinski definition) is 1. The van der Waals surface area contributed by atoms with Gasteiger partial charge in [0, 0.05) is 0 Å². The van der Waals surface area contributed by atoms with E-state index in [1.807, 2.05) is 24.7 Å². The summed E-state index contributed by atoms with van der Waals surface area (Å²) in [7, 11) is 1.69. The Balaban J connectivity index is 0.00000162. The van der Waals surface area contributed by atoms with Gasteiger partial charge in [-0.2, -0.15) is 0 Å². The third kappa shape index (κ3) is 4.01. The number of hydrogen-bond acceptors (Lipinski definition) is 1. The fourth-order valence-corrected chi connectivity index (χ4v) is 1.89. The van der Waals surface area contributed by atoms with Crippen LogP contribution in [0.4, 0.5) is 0 Å². The number of aromatic amines is 1. The number of halogens is 1. The quantitative estimate of drug-likeness (QED) is 0.567. The Bertz CT molecular complexity index is 439. The molecular formula is C14H19IN2O. The maximum absolute atomic E-state index is 5.15. The van der Waals surface area contributed by atoms with E-state index in [9.17, 15) is 0 Å². The molecule has 1 heterocycles. The molecule has 0 spiro atoms. The molecule has 98 valence electrons. The summed E-state index contributed by atoms with van der Waals surface area (Å²) < 4.78 is 7.34. The number of methoxy groups -OCH3 is 1. The fraction of sp³-hybridized carbons (Fsp3) is 0.357. The van der Waals surface area contributed by atoms with Crippen molar-refractivity contribution in [3.8, 4) is 5.75 Å². The van der Waals surface area contributed by atoms with Gasteiger partial charge in [-0.1, -0.05) is 12.1 Å². The van der Waals surface area contributed by atoms with E-state index in [0.29, 0.717) is 6.04 Å². The number of nitrogens with one attached hydrogen (secondary N) is 1. The third-order valence-electron chi connectivity index (χ3n) is 3.09. The molecule has 0 radical (unpaired) electrons. The van der Waals surface area contributed by atoms with E-state index in [-0.39, 0.29) is 24.0 Å². The maximum Gasteiger partial charge on any atom is 0.241 e. The van der Waals surface area contributed by atoms with Crippen LogP contribution in [0.15, 0.2) is 43.0 Å². The summed E-state index contributed by atoms with van der Waals surface area (Å²) in [5.41, 5.74) is 1.36. The number of nitrogens with zero attached hydrogens (tertiary/aromatic N) is 1. The molecule has 1 aromatic heterocycles. The second-order valence-electron chi connectivity index (χ2n) is 4.29. The first kappa shape index (κ1) is 15.0. The van der Waals surface area contributed by atoms with Gasteiger partial charge in [-0.05, 0) is 37.5 Å². The number of imidazole rings is 1. The van der Waals surface area contributed by atoms with Crippen molar-refractivity contribution in [1.29, 1.82) is 0 Å². The van der Waals surface area contributed by atoms with E-state index in [1.54, 1.807) is 7.11 Å². The van der Waals surface area contributed by atoms with E-state index in [1.165, 1.54) is 5.56 Å². The highest BCUT2D eigenvalue weighted by Crippen LogP contribution is 2.14. The van der Waals surface area contributed by atoms with E-state index in [2.05, 4.69) is 34.8 Å². The minimum atomic E-state index is 0. The molecule has 0 aliphatic carbocycles. The van der Waals surface area contributed by atoms with Crippen LogP contribution in [0, 0.1) is 0 Å². The first-order valence-electron chi connectivity index (χ1n) is 5.96. The Morgan fingerprint density at radius 3 is 2.56 bits per heavy atom. The van der Waals surface area contributed by atoms with Gasteiger partial charge in [-0.3, -0.25) is 4.98 Å². The highest BCUT2D eigenvalue weighted by atomic mass is 127. The molecule has 1 aromatic carbocycles. The summed E-state index contributed by atoms with van der Waals surface area (Å²) in [4.78, 5) is 3.07. The van der Waals surface area contributed by atoms with Gasteiger partial charge >= 0.3 is 0 Å². The average molecular weight is 358 g/mol. The van der Waals surface area contributed by atoms with Gasteiger partial charge in [0.05, 0.1) is 13.2 Å². The predicted molar refractivity (Wildman–Crippen MR) is 67.0 cm³/mol. The Morgan fingerprint density at radius 1 is 1.28 bits per heavy atom. The van der Waals surface area contributed by atoms with Crippen LogP contribution >= 0.6 is 0 Å². The molecule has 0 amide bonds. The standard InChI is InChI=1S/C14H18N2O.HI/c1-12(16-10-9-15-11-16)3-4-13-5-7-14(17-2)8-6-13;/h5-12H,3-4H2,1-2H3;1H. The molecule has 0 aliphatic heterocycles. The van der Waals surface area contributed by atoms with Crippen molar-refractivity contribution in [2.24, 2.45) is 0 Å². The summed E-state index contributed by atoms with van der Waals surface area (Å²) in [5.74, 6) is 0.918. The molecular weight excluding hydrogens is 339 g/mol. The van der Waals surface area contributed by atoms with Gasteiger partial charge < -0.3 is 28.7 Å². The number of rotatable bonds is 5. The minimum absolute atomic E-state index is 0. The first-order valence-corrected chi connectivity index (χ1v) is 5.96. The third-order valence-corrected chi connectivity index (χ3v) is 3.09. The van der Waals surface area contributed by atoms with Crippen molar-refractivity contribution in [2.75, 3.05) is 7.11 Å². The van der Waals surface area contributed by atoms with E-state index in [4.69, 9.17) is 4.74 Å². The zero-order chi connectivity index (χ0) is 12.1. The van der Waals surface area contributed by atoms with Gasteiger partial charge in [0.15, 0.2) is 0 Å². The van der Waals surface area contributed by atoms with Crippen LogP contribution in [-0.4, -0.2) is 12.1 Å². The summed E-state index contributed by atoms with van der Waals surface area (Å²) in [6.07, 6.45) is 8.24. The Kier molecular flexibility index (Phi) is 6.18. The van der Waals surface area contributed by atoms with Crippen LogP contribution in [0.3, 0.4) is 0 Å². The fourth-order valence-electron chi connectivity index (χ4n) is 1.89. The first-order chi connectivity index (χ1) is 8.29. The van der Waals surface area contributed by atoms with Crippen molar-refractivity contribution in [2.45, 2.75) is 25.8 Å². The number of H-pyrrole nitrogens is 1. The SMILES string of the molecule is COc1ccc(CCC(C)[n+]2cc[nH]c2)cc1.[I-]. The summed E-state index contributed by atoms with van der Waals surface area (Å²) in [6.45, 7) is 2.23. The molecule has 1 atom stereocenters. The largest absolute Gasteiger partial charge is 1.00 e. The highest BCUT2D eigenvalue weighted by molar-refractivity contribution is 5.27. The van der Waals surface area contributed by atoms with Crippen molar-refractivity contribution >= 4 is 0 Å². The molecule has 0 bridgehead atoms. The molecule has 1 N–H and O–H groups in total. The molecule has 2 aromatic rings. The molecule has 2 rings (SSSR count). The molecule has 0 saturated carbocycles. The average Bonchev–Trinajstić information content (AvgIpc) is 2.90. The van der Waals surface area contributed by atoms with Crippen LogP contribution < -0.4 is 33.3 Å². The Hall–Kier alpha value is -1.04. The smallest absolute Gasteiger partial charge is 0.241 e. The van der Waals surface area contributed by atoms with Crippen molar-refractivity contribution < 1.29 is 33.3 Å². The number of benzene rings is 1. The van der Waals surface area contributed by atoms with Gasteiger partial charge in [-0.25, -0.2) is 4.57 Å². The lowest BCUT2D eigenvalue weighted by Gasteiger charge is -2.08. The van der Waals surface area contributed by atoms with Crippen LogP contribution in [-0.2, 0) is 6.42 Å². The summed E-state index contributed by atoms with van der Waals surface area (Å²) in [5, 5.41) is 0. The minimum Gasteiger partial charge on any atom is -1.00 e. The summed E-state index contributed by atoms with van der Waals surface area (Å²) in [6, 6.07) is 8.82. The number of aryl methyl sites for hydroxylation is 1. The molecule has 4 heteroatoms. The second kappa shape index (κ2) is 7.41. The van der Waals surface area contributed by atoms with Crippen molar-refractivity contribution in [1.82, 2.24) is 4.98 Å². The maximum atomic E-state index is 5.15. The second-order valence-corrected chi connectivity index (χ2v) is 4.29. The van der Waals surface area contributed by atoms with Gasteiger partial charge in [0.25, 0.3) is 0 Å². The zero-order valence-electron chi connectivity index (χ0n) is 10.8. The lowest BCUT2D eigenvalue weighted by Crippen LogP contribution is -3.00. The molecule has 18 heavy (non-hydrogen) atoms. The molecule has 3 nitrogen and oxygen atoms in total. The molecule has 0 aliphatic rings. The molecule has 1 unspecified atom stereocenters.